The van der Waals surface area contributed by atoms with E-state index in [1.165, 1.54) is 0 Å². The van der Waals surface area contributed by atoms with Crippen molar-refractivity contribution in [3.05, 3.63) is 80.7 Å². The van der Waals surface area contributed by atoms with Crippen LogP contribution >= 0.6 is 11.6 Å². The number of benzene rings is 2. The number of hydrogen-bond acceptors (Lipinski definition) is 5. The number of halogens is 1. The van der Waals surface area contributed by atoms with E-state index >= 15 is 0 Å². The summed E-state index contributed by atoms with van der Waals surface area (Å²) in [6.07, 6.45) is 4.11. The molecule has 5 rings (SSSR count). The summed E-state index contributed by atoms with van der Waals surface area (Å²) in [6.45, 7) is 6.58. The number of carbonyl (C=O) groups excluding carboxylic acids is 3. The summed E-state index contributed by atoms with van der Waals surface area (Å²) in [4.78, 5) is 41.8. The smallest absolute Gasteiger partial charge is 0.262 e. The fraction of sp³-hybridized carbons (Fsp3) is 0.387. The third kappa shape index (κ3) is 4.90. The normalized spacial score (nSPS) is 17.9. The van der Waals surface area contributed by atoms with Crippen molar-refractivity contribution in [3.8, 4) is 5.75 Å². The Hall–Kier alpha value is -3.38. The molecule has 6 nitrogen and oxygen atoms in total. The summed E-state index contributed by atoms with van der Waals surface area (Å²) >= 11 is 6.47. The fourth-order valence-corrected chi connectivity index (χ4v) is 6.13. The van der Waals surface area contributed by atoms with Crippen LogP contribution in [-0.2, 0) is 14.4 Å². The molecule has 3 aliphatic rings. The molecule has 38 heavy (non-hydrogen) atoms. The van der Waals surface area contributed by atoms with E-state index in [1.807, 2.05) is 32.0 Å². The van der Waals surface area contributed by atoms with Crippen LogP contribution in [0.15, 0.2) is 58.9 Å². The number of carbonyl (C=O) groups is 3. The van der Waals surface area contributed by atoms with Gasteiger partial charge in [-0.3, -0.25) is 14.4 Å². The molecule has 2 aliphatic carbocycles. The van der Waals surface area contributed by atoms with Gasteiger partial charge in [0, 0.05) is 64.1 Å². The van der Waals surface area contributed by atoms with Crippen LogP contribution in [0.2, 0.25) is 5.02 Å². The molecule has 0 unspecified atom stereocenters. The van der Waals surface area contributed by atoms with E-state index in [0.717, 1.165) is 48.2 Å². The quantitative estimate of drug-likeness (QED) is 0.465. The summed E-state index contributed by atoms with van der Waals surface area (Å²) in [5.74, 6) is -0.247. The summed E-state index contributed by atoms with van der Waals surface area (Å²) in [5, 5.41) is 3.37. The number of amides is 1. The molecule has 2 aromatic rings. The molecule has 1 heterocycles. The van der Waals surface area contributed by atoms with Crippen LogP contribution in [0, 0.1) is 13.8 Å². The van der Waals surface area contributed by atoms with Gasteiger partial charge in [-0.15, -0.1) is 0 Å². The van der Waals surface area contributed by atoms with Crippen molar-refractivity contribution in [1.29, 1.82) is 0 Å². The Balaban J connectivity index is 1.51. The van der Waals surface area contributed by atoms with E-state index < -0.39 is 5.92 Å². The minimum Gasteiger partial charge on any atom is -0.483 e. The molecule has 0 saturated carbocycles. The average molecular weight is 533 g/mol. The maximum absolute atomic E-state index is 13.4. The van der Waals surface area contributed by atoms with E-state index in [4.69, 9.17) is 16.3 Å². The van der Waals surface area contributed by atoms with Crippen molar-refractivity contribution >= 4 is 34.8 Å². The monoisotopic (exact) mass is 532 g/mol. The number of ether oxygens (including phenoxy) is 1. The number of Topliss-reactive ketones (excluding diaryl/α,β-unsaturated/α-hetero) is 2. The molecule has 0 bridgehead atoms. The van der Waals surface area contributed by atoms with Gasteiger partial charge in [-0.2, -0.15) is 0 Å². The lowest BCUT2D eigenvalue weighted by atomic mass is 9.70. The van der Waals surface area contributed by atoms with E-state index in [-0.39, 0.29) is 24.1 Å². The van der Waals surface area contributed by atoms with E-state index in [1.54, 1.807) is 18.2 Å². The van der Waals surface area contributed by atoms with Gasteiger partial charge >= 0.3 is 0 Å². The van der Waals surface area contributed by atoms with Crippen molar-refractivity contribution in [2.75, 3.05) is 18.5 Å². The van der Waals surface area contributed by atoms with Gasteiger partial charge in [-0.25, -0.2) is 0 Å². The zero-order chi connectivity index (χ0) is 27.0. The van der Waals surface area contributed by atoms with Gasteiger partial charge in [0.05, 0.1) is 0 Å². The molecule has 7 heteroatoms. The van der Waals surface area contributed by atoms with Gasteiger partial charge < -0.3 is 15.0 Å². The van der Waals surface area contributed by atoms with Gasteiger partial charge in [0.2, 0.25) is 0 Å². The minimum absolute atomic E-state index is 0.0676. The number of allylic oxidation sites excluding steroid dienone is 4. The first-order valence-corrected chi connectivity index (χ1v) is 13.8. The molecule has 0 spiro atoms. The lowest BCUT2D eigenvalue weighted by Crippen LogP contribution is -2.39. The van der Waals surface area contributed by atoms with E-state index in [0.29, 0.717) is 52.6 Å². The zero-order valence-electron chi connectivity index (χ0n) is 22.2. The Morgan fingerprint density at radius 3 is 2.21 bits per heavy atom. The fourth-order valence-electron chi connectivity index (χ4n) is 5.95. The number of ketones is 2. The van der Waals surface area contributed by atoms with Crippen molar-refractivity contribution < 1.29 is 19.1 Å². The van der Waals surface area contributed by atoms with E-state index in [2.05, 4.69) is 17.1 Å². The molecule has 0 atom stereocenters. The lowest BCUT2D eigenvalue weighted by Gasteiger charge is -2.43. The van der Waals surface area contributed by atoms with Gasteiger partial charge in [0.1, 0.15) is 5.75 Å². The van der Waals surface area contributed by atoms with Crippen molar-refractivity contribution in [3.63, 3.8) is 0 Å². The molecule has 1 amide bonds. The van der Waals surface area contributed by atoms with Crippen molar-refractivity contribution in [1.82, 2.24) is 4.90 Å². The first kappa shape index (κ1) is 26.2. The number of aryl methyl sites for hydroxylation is 2. The van der Waals surface area contributed by atoms with Crippen molar-refractivity contribution in [2.45, 2.75) is 65.2 Å². The SMILES string of the molecule is CCN1C2=C(C(=O)CCC2)C(c2cc(Cl)ccc2OCC(=O)Nc2ccc(C)c(C)c2)C2=C1CCCC2=O. The second-order valence-corrected chi connectivity index (χ2v) is 10.7. The highest BCUT2D eigenvalue weighted by atomic mass is 35.5. The van der Waals surface area contributed by atoms with Crippen LogP contribution in [0.1, 0.15) is 68.1 Å². The molecule has 2 aromatic carbocycles. The second-order valence-electron chi connectivity index (χ2n) is 10.3. The van der Waals surface area contributed by atoms with Gasteiger partial charge in [0.15, 0.2) is 18.2 Å². The molecule has 198 valence electrons. The topological polar surface area (TPSA) is 75.7 Å². The predicted octanol–water partition coefficient (Wildman–Crippen LogP) is 6.41. The van der Waals surface area contributed by atoms with Gasteiger partial charge in [-0.1, -0.05) is 17.7 Å². The Morgan fingerprint density at radius 1 is 0.947 bits per heavy atom. The highest BCUT2D eigenvalue weighted by molar-refractivity contribution is 6.30. The molecule has 1 aliphatic heterocycles. The third-order valence-corrected chi connectivity index (χ3v) is 8.07. The highest BCUT2D eigenvalue weighted by Crippen LogP contribution is 2.51. The summed E-state index contributed by atoms with van der Waals surface area (Å²) in [6, 6.07) is 11.0. The Morgan fingerprint density at radius 2 is 1.61 bits per heavy atom. The van der Waals surface area contributed by atoms with E-state index in [9.17, 15) is 14.4 Å². The second kappa shape index (κ2) is 10.8. The van der Waals surface area contributed by atoms with Crippen LogP contribution in [0.5, 0.6) is 5.75 Å². The van der Waals surface area contributed by atoms with Crippen LogP contribution in [0.3, 0.4) is 0 Å². The standard InChI is InChI=1S/C31H33ClN2O4/c1-4-34-23-7-5-9-25(35)30(23)29(31-24(34)8-6-10-26(31)36)22-16-20(32)12-14-27(22)38-17-28(37)33-21-13-11-18(2)19(3)15-21/h11-16,29H,4-10,17H2,1-3H3,(H,33,37). The first-order chi connectivity index (χ1) is 18.3. The average Bonchev–Trinajstić information content (AvgIpc) is 2.89. The molecule has 0 fully saturated rings. The Labute approximate surface area is 228 Å². The number of nitrogens with zero attached hydrogens (tertiary/aromatic N) is 1. The minimum atomic E-state index is -0.542. The molecular formula is C31H33ClN2O4. The lowest BCUT2D eigenvalue weighted by molar-refractivity contribution is -0.119. The number of anilines is 1. The number of hydrogen-bond donors (Lipinski definition) is 1. The maximum Gasteiger partial charge on any atom is 0.262 e. The predicted molar refractivity (Wildman–Crippen MR) is 148 cm³/mol. The van der Waals surface area contributed by atoms with Gasteiger partial charge in [-0.05, 0) is 87.9 Å². The number of rotatable bonds is 6. The maximum atomic E-state index is 13.4. The third-order valence-electron chi connectivity index (χ3n) is 7.83. The van der Waals surface area contributed by atoms with Crippen LogP contribution in [-0.4, -0.2) is 35.5 Å². The summed E-state index contributed by atoms with van der Waals surface area (Å²) in [7, 11) is 0. The first-order valence-electron chi connectivity index (χ1n) is 13.4. The zero-order valence-corrected chi connectivity index (χ0v) is 22.9. The summed E-state index contributed by atoms with van der Waals surface area (Å²) in [5.41, 5.74) is 6.99. The molecule has 0 saturated heterocycles. The van der Waals surface area contributed by atoms with Crippen LogP contribution < -0.4 is 10.1 Å². The largest absolute Gasteiger partial charge is 0.483 e. The molecule has 1 N–H and O–H groups in total. The Kier molecular flexibility index (Phi) is 7.44. The van der Waals surface area contributed by atoms with Gasteiger partial charge in [0.25, 0.3) is 5.91 Å². The molecular weight excluding hydrogens is 500 g/mol. The van der Waals surface area contributed by atoms with Crippen LogP contribution in [0.4, 0.5) is 5.69 Å². The molecule has 0 radical (unpaired) electrons. The summed E-state index contributed by atoms with van der Waals surface area (Å²) < 4.78 is 6.06. The van der Waals surface area contributed by atoms with Crippen LogP contribution in [0.25, 0.3) is 0 Å². The Bertz CT molecular complexity index is 1350. The number of nitrogens with one attached hydrogen (secondary N) is 1. The molecule has 0 aromatic heterocycles. The highest BCUT2D eigenvalue weighted by Gasteiger charge is 2.43. The van der Waals surface area contributed by atoms with Crippen molar-refractivity contribution in [2.24, 2.45) is 0 Å².